The average molecular weight is 237 g/mol. The lowest BCUT2D eigenvalue weighted by Crippen LogP contribution is -2.38. The molecule has 0 fully saturated rings. The van der Waals surface area contributed by atoms with Crippen LogP contribution in [0.1, 0.15) is 22.8 Å². The maximum Gasteiger partial charge on any atom is 0.285 e. The first-order chi connectivity index (χ1) is 7.97. The minimum absolute atomic E-state index is 0.0651. The Hall–Kier alpha value is -1.95. The van der Waals surface area contributed by atoms with E-state index in [0.29, 0.717) is 5.56 Å². The molecule has 1 atom stereocenters. The lowest BCUT2D eigenvalue weighted by Gasteiger charge is -2.11. The van der Waals surface area contributed by atoms with E-state index in [1.165, 1.54) is 6.07 Å². The summed E-state index contributed by atoms with van der Waals surface area (Å²) in [7, 11) is 0. The van der Waals surface area contributed by atoms with Crippen molar-refractivity contribution in [2.45, 2.75) is 19.9 Å². The highest BCUT2D eigenvalue weighted by atomic mass is 16.6. The summed E-state index contributed by atoms with van der Waals surface area (Å²) in [4.78, 5) is 22.2. The third-order valence-electron chi connectivity index (χ3n) is 2.40. The van der Waals surface area contributed by atoms with E-state index in [4.69, 9.17) is 5.73 Å². The van der Waals surface area contributed by atoms with Crippen LogP contribution in [0.3, 0.4) is 0 Å². The summed E-state index contributed by atoms with van der Waals surface area (Å²) in [5, 5.41) is 13.5. The number of nitrogens with one attached hydrogen (secondary N) is 1. The Balaban J connectivity index is 3.09. The van der Waals surface area contributed by atoms with Crippen LogP contribution in [-0.2, 0) is 0 Å². The predicted octanol–water partition coefficient (Wildman–Crippen LogP) is 0.980. The number of hydrogen-bond acceptors (Lipinski definition) is 4. The third kappa shape index (κ3) is 3.01. The van der Waals surface area contributed by atoms with Gasteiger partial charge in [0, 0.05) is 18.2 Å². The minimum atomic E-state index is -0.544. The second-order valence-electron chi connectivity index (χ2n) is 3.84. The van der Waals surface area contributed by atoms with Gasteiger partial charge in [0.1, 0.15) is 5.56 Å². The fourth-order valence-corrected chi connectivity index (χ4v) is 1.44. The van der Waals surface area contributed by atoms with Gasteiger partial charge in [-0.2, -0.15) is 0 Å². The summed E-state index contributed by atoms with van der Waals surface area (Å²) in [6, 6.07) is 4.43. The van der Waals surface area contributed by atoms with Gasteiger partial charge in [-0.3, -0.25) is 14.9 Å². The Labute approximate surface area is 99.0 Å². The van der Waals surface area contributed by atoms with Gasteiger partial charge < -0.3 is 11.1 Å². The van der Waals surface area contributed by atoms with Gasteiger partial charge in [0.2, 0.25) is 0 Å². The highest BCUT2D eigenvalue weighted by molar-refractivity contribution is 5.98. The first-order valence-corrected chi connectivity index (χ1v) is 5.22. The molecule has 1 amide bonds. The molecule has 1 rings (SSSR count). The van der Waals surface area contributed by atoms with Gasteiger partial charge in [0.15, 0.2) is 0 Å². The first-order valence-electron chi connectivity index (χ1n) is 5.22. The number of nitrogens with zero attached hydrogens (tertiary/aromatic N) is 1. The van der Waals surface area contributed by atoms with Crippen molar-refractivity contribution in [3.8, 4) is 0 Å². The quantitative estimate of drug-likeness (QED) is 0.602. The zero-order chi connectivity index (χ0) is 13.0. The fraction of sp³-hybridized carbons (Fsp3) is 0.364. The van der Waals surface area contributed by atoms with E-state index in [2.05, 4.69) is 5.32 Å². The molecule has 1 aromatic rings. The zero-order valence-electron chi connectivity index (χ0n) is 9.77. The number of rotatable bonds is 4. The smallest absolute Gasteiger partial charge is 0.285 e. The molecule has 0 saturated carbocycles. The molecule has 0 radical (unpaired) electrons. The van der Waals surface area contributed by atoms with Crippen molar-refractivity contribution in [2.75, 3.05) is 6.54 Å². The van der Waals surface area contributed by atoms with Crippen LogP contribution in [0.15, 0.2) is 18.2 Å². The minimum Gasteiger partial charge on any atom is -0.348 e. The van der Waals surface area contributed by atoms with E-state index >= 15 is 0 Å². The first kappa shape index (κ1) is 13.1. The monoisotopic (exact) mass is 237 g/mol. The van der Waals surface area contributed by atoms with Gasteiger partial charge in [-0.1, -0.05) is 12.1 Å². The molecule has 0 bridgehead atoms. The summed E-state index contributed by atoms with van der Waals surface area (Å²) in [5.41, 5.74) is 5.75. The average Bonchev–Trinajstić information content (AvgIpc) is 2.27. The molecule has 0 unspecified atom stereocenters. The third-order valence-corrected chi connectivity index (χ3v) is 2.40. The number of nitrogens with two attached hydrogens (primary N) is 1. The lowest BCUT2D eigenvalue weighted by atomic mass is 10.1. The summed E-state index contributed by atoms with van der Waals surface area (Å²) in [6.45, 7) is 3.62. The Kier molecular flexibility index (Phi) is 4.17. The summed E-state index contributed by atoms with van der Waals surface area (Å²) in [6.07, 6.45) is 0. The van der Waals surface area contributed by atoms with E-state index in [0.717, 1.165) is 0 Å². The molecule has 0 aliphatic heterocycles. The summed E-state index contributed by atoms with van der Waals surface area (Å²) >= 11 is 0. The van der Waals surface area contributed by atoms with Crippen molar-refractivity contribution in [1.82, 2.24) is 5.32 Å². The van der Waals surface area contributed by atoms with Crippen LogP contribution in [0.4, 0.5) is 5.69 Å². The van der Waals surface area contributed by atoms with E-state index in [1.54, 1.807) is 26.0 Å². The molecule has 6 nitrogen and oxygen atoms in total. The Morgan fingerprint density at radius 2 is 2.24 bits per heavy atom. The van der Waals surface area contributed by atoms with Crippen molar-refractivity contribution < 1.29 is 9.72 Å². The molecule has 0 aliphatic rings. The number of hydrogen-bond donors (Lipinski definition) is 2. The second-order valence-corrected chi connectivity index (χ2v) is 3.84. The van der Waals surface area contributed by atoms with Gasteiger partial charge in [-0.05, 0) is 19.9 Å². The number of carbonyl (C=O) groups excluding carboxylic acids is 1. The van der Waals surface area contributed by atoms with Crippen molar-refractivity contribution >= 4 is 11.6 Å². The van der Waals surface area contributed by atoms with E-state index in [-0.39, 0.29) is 23.8 Å². The van der Waals surface area contributed by atoms with E-state index < -0.39 is 10.8 Å². The van der Waals surface area contributed by atoms with Crippen LogP contribution < -0.4 is 11.1 Å². The van der Waals surface area contributed by atoms with Crippen molar-refractivity contribution in [3.05, 3.63) is 39.4 Å². The molecule has 92 valence electrons. The molecule has 0 aromatic heterocycles. The standard InChI is InChI=1S/C11H15N3O3/c1-7-4-3-5-9(10(7)14(16)17)11(15)13-8(2)6-12/h3-5,8H,6,12H2,1-2H3,(H,13,15)/t8-/m0/s1. The lowest BCUT2D eigenvalue weighted by molar-refractivity contribution is -0.385. The normalized spacial score (nSPS) is 11.9. The fourth-order valence-electron chi connectivity index (χ4n) is 1.44. The number of nitro benzene ring substituents is 1. The van der Waals surface area contributed by atoms with Crippen LogP contribution >= 0.6 is 0 Å². The maximum absolute atomic E-state index is 11.8. The molecule has 0 saturated heterocycles. The molecule has 6 heteroatoms. The largest absolute Gasteiger partial charge is 0.348 e. The van der Waals surface area contributed by atoms with Crippen molar-refractivity contribution in [3.63, 3.8) is 0 Å². The summed E-state index contributed by atoms with van der Waals surface area (Å²) < 4.78 is 0. The van der Waals surface area contributed by atoms with E-state index in [1.807, 2.05) is 0 Å². The number of amides is 1. The SMILES string of the molecule is Cc1cccc(C(=O)N[C@@H](C)CN)c1[N+](=O)[O-]. The van der Waals surface area contributed by atoms with Crippen LogP contribution in [-0.4, -0.2) is 23.4 Å². The summed E-state index contributed by atoms with van der Waals surface area (Å²) in [5.74, 6) is -0.474. The van der Waals surface area contributed by atoms with Gasteiger partial charge in [-0.15, -0.1) is 0 Å². The maximum atomic E-state index is 11.8. The second kappa shape index (κ2) is 5.40. The predicted molar refractivity (Wildman–Crippen MR) is 63.8 cm³/mol. The topological polar surface area (TPSA) is 98.3 Å². The van der Waals surface area contributed by atoms with Gasteiger partial charge in [0.25, 0.3) is 11.6 Å². The van der Waals surface area contributed by atoms with Crippen LogP contribution in [0.25, 0.3) is 0 Å². The number of aryl methyl sites for hydroxylation is 1. The van der Waals surface area contributed by atoms with Crippen molar-refractivity contribution in [2.24, 2.45) is 5.73 Å². The zero-order valence-corrected chi connectivity index (χ0v) is 9.77. The Morgan fingerprint density at radius 3 is 2.76 bits per heavy atom. The van der Waals surface area contributed by atoms with E-state index in [9.17, 15) is 14.9 Å². The highest BCUT2D eigenvalue weighted by Gasteiger charge is 2.22. The van der Waals surface area contributed by atoms with Crippen LogP contribution in [0.5, 0.6) is 0 Å². The molecule has 0 aliphatic carbocycles. The number of para-hydroxylation sites is 1. The molecule has 0 heterocycles. The molecule has 17 heavy (non-hydrogen) atoms. The van der Waals surface area contributed by atoms with Gasteiger partial charge in [0.05, 0.1) is 4.92 Å². The van der Waals surface area contributed by atoms with Crippen LogP contribution in [0, 0.1) is 17.0 Å². The van der Waals surface area contributed by atoms with Gasteiger partial charge >= 0.3 is 0 Å². The van der Waals surface area contributed by atoms with Crippen LogP contribution in [0.2, 0.25) is 0 Å². The Bertz CT molecular complexity index is 446. The molecule has 3 N–H and O–H groups in total. The molecule has 0 spiro atoms. The van der Waals surface area contributed by atoms with Crippen molar-refractivity contribution in [1.29, 1.82) is 0 Å². The molecular weight excluding hydrogens is 222 g/mol. The highest BCUT2D eigenvalue weighted by Crippen LogP contribution is 2.22. The number of benzene rings is 1. The van der Waals surface area contributed by atoms with Gasteiger partial charge in [-0.25, -0.2) is 0 Å². The number of nitro groups is 1. The molecule has 1 aromatic carbocycles. The molecular formula is C11H15N3O3. The number of carbonyl (C=O) groups is 1. The Morgan fingerprint density at radius 1 is 1.59 bits per heavy atom.